The van der Waals surface area contributed by atoms with Crippen LogP contribution in [0.2, 0.25) is 0 Å². The van der Waals surface area contributed by atoms with Gasteiger partial charge in [0.05, 0.1) is 18.6 Å². The Morgan fingerprint density at radius 1 is 1.38 bits per heavy atom. The molecular weight excluding hydrogens is 262 g/mol. The van der Waals surface area contributed by atoms with Gasteiger partial charge in [-0.2, -0.15) is 0 Å². The Morgan fingerprint density at radius 3 is 2.90 bits per heavy atom. The topological polar surface area (TPSA) is 38.3 Å². The number of nitrogens with one attached hydrogen (secondary N) is 1. The van der Waals surface area contributed by atoms with Crippen molar-refractivity contribution in [2.24, 2.45) is 0 Å². The first-order valence-electron chi connectivity index (χ1n) is 7.74. The maximum Gasteiger partial charge on any atom is 0.223 e. The Kier molecular flexibility index (Phi) is 3.62. The largest absolute Gasteiger partial charge is 0.370 e. The molecule has 3 nitrogen and oxygen atoms in total. The molecular formula is C18H23NO2. The molecule has 2 aliphatic rings. The van der Waals surface area contributed by atoms with E-state index in [0.717, 1.165) is 12.8 Å². The molecule has 1 aromatic rings. The molecule has 1 aliphatic carbocycles. The van der Waals surface area contributed by atoms with Gasteiger partial charge in [-0.3, -0.25) is 4.79 Å². The lowest BCUT2D eigenvalue weighted by molar-refractivity contribution is -0.127. The summed E-state index contributed by atoms with van der Waals surface area (Å²) in [5.74, 6) is 0.0669. The van der Waals surface area contributed by atoms with Crippen molar-refractivity contribution in [2.45, 2.75) is 51.7 Å². The van der Waals surface area contributed by atoms with Crippen LogP contribution in [0.4, 0.5) is 0 Å². The van der Waals surface area contributed by atoms with Crippen LogP contribution in [0, 0.1) is 0 Å². The predicted octanol–water partition coefficient (Wildman–Crippen LogP) is 3.09. The minimum absolute atomic E-state index is 0.0669. The number of amides is 1. The second-order valence-corrected chi connectivity index (χ2v) is 6.52. The summed E-state index contributed by atoms with van der Waals surface area (Å²) >= 11 is 0. The van der Waals surface area contributed by atoms with Crippen LogP contribution in [-0.2, 0) is 16.0 Å². The summed E-state index contributed by atoms with van der Waals surface area (Å²) in [6.07, 6.45) is 2.27. The van der Waals surface area contributed by atoms with Crippen LogP contribution < -0.4 is 5.32 Å². The fraction of sp³-hybridized carbons (Fsp3) is 0.500. The molecule has 0 radical (unpaired) electrons. The maximum absolute atomic E-state index is 12.2. The molecule has 1 heterocycles. The van der Waals surface area contributed by atoms with E-state index in [1.165, 1.54) is 22.3 Å². The Balaban J connectivity index is 1.88. The third-order valence-electron chi connectivity index (χ3n) is 4.43. The second kappa shape index (κ2) is 5.30. The second-order valence-electron chi connectivity index (χ2n) is 6.52. The Hall–Kier alpha value is -1.61. The number of carbonyl (C=O) groups is 1. The standard InChI is InChI=1S/C18H23NO2/c1-12(2)19-17(20)11-18(3)16-10-13-6-4-5-7-14(13)15(16)8-9-21-18/h4-7,12H,8-11H2,1-3H3,(H,19,20). The van der Waals surface area contributed by atoms with Crippen molar-refractivity contribution in [1.29, 1.82) is 0 Å². The summed E-state index contributed by atoms with van der Waals surface area (Å²) in [6.45, 7) is 6.72. The van der Waals surface area contributed by atoms with E-state index in [1.54, 1.807) is 0 Å². The molecule has 0 bridgehead atoms. The van der Waals surface area contributed by atoms with Crippen molar-refractivity contribution in [3.8, 4) is 0 Å². The first-order chi connectivity index (χ1) is 9.99. The van der Waals surface area contributed by atoms with Crippen molar-refractivity contribution >= 4 is 11.5 Å². The van der Waals surface area contributed by atoms with Crippen LogP contribution in [0.1, 0.15) is 44.7 Å². The van der Waals surface area contributed by atoms with Crippen LogP contribution in [0.25, 0.3) is 5.57 Å². The van der Waals surface area contributed by atoms with Crippen molar-refractivity contribution in [3.05, 3.63) is 41.0 Å². The van der Waals surface area contributed by atoms with Gasteiger partial charge in [-0.15, -0.1) is 0 Å². The van der Waals surface area contributed by atoms with E-state index in [4.69, 9.17) is 4.74 Å². The summed E-state index contributed by atoms with van der Waals surface area (Å²) in [7, 11) is 0. The van der Waals surface area contributed by atoms with E-state index in [0.29, 0.717) is 13.0 Å². The highest BCUT2D eigenvalue weighted by Crippen LogP contribution is 2.45. The normalized spacial score (nSPS) is 24.0. The van der Waals surface area contributed by atoms with Crippen molar-refractivity contribution in [3.63, 3.8) is 0 Å². The number of hydrogen-bond acceptors (Lipinski definition) is 2. The summed E-state index contributed by atoms with van der Waals surface area (Å²) in [5.41, 5.74) is 4.95. The van der Waals surface area contributed by atoms with Crippen molar-refractivity contribution < 1.29 is 9.53 Å². The summed E-state index contributed by atoms with van der Waals surface area (Å²) in [5, 5.41) is 2.97. The molecule has 1 amide bonds. The molecule has 1 atom stereocenters. The first kappa shape index (κ1) is 14.3. The van der Waals surface area contributed by atoms with Gasteiger partial charge in [-0.1, -0.05) is 24.3 Å². The van der Waals surface area contributed by atoms with Gasteiger partial charge in [-0.25, -0.2) is 0 Å². The van der Waals surface area contributed by atoms with Crippen molar-refractivity contribution in [1.82, 2.24) is 5.32 Å². The van der Waals surface area contributed by atoms with Crippen LogP contribution in [0.15, 0.2) is 29.8 Å². The third kappa shape index (κ3) is 2.62. The lowest BCUT2D eigenvalue weighted by atomic mass is 9.85. The Labute approximate surface area is 126 Å². The Morgan fingerprint density at radius 2 is 2.14 bits per heavy atom. The van der Waals surface area contributed by atoms with Gasteiger partial charge >= 0.3 is 0 Å². The highest BCUT2D eigenvalue weighted by molar-refractivity contribution is 5.82. The maximum atomic E-state index is 12.2. The number of rotatable bonds is 3. The zero-order valence-electron chi connectivity index (χ0n) is 13.0. The SMILES string of the molecule is CC(C)NC(=O)CC1(C)OCCC2=C1Cc1ccccc12. The lowest BCUT2D eigenvalue weighted by Crippen LogP contribution is -2.42. The summed E-state index contributed by atoms with van der Waals surface area (Å²) in [4.78, 5) is 12.2. The zero-order valence-corrected chi connectivity index (χ0v) is 13.0. The van der Waals surface area contributed by atoms with Gasteiger partial charge in [0.1, 0.15) is 0 Å². The monoisotopic (exact) mass is 285 g/mol. The number of ether oxygens (including phenoxy) is 1. The molecule has 0 fully saturated rings. The molecule has 1 N–H and O–H groups in total. The molecule has 1 aromatic carbocycles. The van der Waals surface area contributed by atoms with E-state index in [2.05, 4.69) is 36.5 Å². The van der Waals surface area contributed by atoms with E-state index in [9.17, 15) is 4.79 Å². The van der Waals surface area contributed by atoms with Crippen LogP contribution >= 0.6 is 0 Å². The highest BCUT2D eigenvalue weighted by atomic mass is 16.5. The third-order valence-corrected chi connectivity index (χ3v) is 4.43. The first-order valence-corrected chi connectivity index (χ1v) is 7.74. The molecule has 0 saturated carbocycles. The molecule has 21 heavy (non-hydrogen) atoms. The van der Waals surface area contributed by atoms with Crippen molar-refractivity contribution in [2.75, 3.05) is 6.61 Å². The molecule has 0 aromatic heterocycles. The van der Waals surface area contributed by atoms with Gasteiger partial charge < -0.3 is 10.1 Å². The minimum atomic E-state index is -0.467. The van der Waals surface area contributed by atoms with Crippen LogP contribution in [0.5, 0.6) is 0 Å². The van der Waals surface area contributed by atoms with E-state index in [1.807, 2.05) is 13.8 Å². The van der Waals surface area contributed by atoms with Crippen LogP contribution in [0.3, 0.4) is 0 Å². The van der Waals surface area contributed by atoms with Gasteiger partial charge in [0.2, 0.25) is 5.91 Å². The summed E-state index contributed by atoms with van der Waals surface area (Å²) < 4.78 is 6.04. The number of carbonyl (C=O) groups excluding carboxylic acids is 1. The number of fused-ring (bicyclic) bond motifs is 2. The number of hydrogen-bond donors (Lipinski definition) is 1. The average molecular weight is 285 g/mol. The van der Waals surface area contributed by atoms with E-state index >= 15 is 0 Å². The number of benzene rings is 1. The molecule has 3 heteroatoms. The van der Waals surface area contributed by atoms with E-state index in [-0.39, 0.29) is 11.9 Å². The highest BCUT2D eigenvalue weighted by Gasteiger charge is 2.40. The van der Waals surface area contributed by atoms with Crippen LogP contribution in [-0.4, -0.2) is 24.2 Å². The fourth-order valence-corrected chi connectivity index (χ4v) is 3.52. The van der Waals surface area contributed by atoms with E-state index < -0.39 is 5.60 Å². The molecule has 3 rings (SSSR count). The van der Waals surface area contributed by atoms with Gasteiger partial charge in [0, 0.05) is 6.04 Å². The molecule has 0 spiro atoms. The Bertz CT molecular complexity index is 603. The van der Waals surface area contributed by atoms with Gasteiger partial charge in [0.25, 0.3) is 0 Å². The lowest BCUT2D eigenvalue weighted by Gasteiger charge is -2.36. The molecule has 112 valence electrons. The fourth-order valence-electron chi connectivity index (χ4n) is 3.52. The van der Waals surface area contributed by atoms with Gasteiger partial charge in [-0.05, 0) is 55.9 Å². The quantitative estimate of drug-likeness (QED) is 0.927. The predicted molar refractivity (Wildman–Crippen MR) is 83.9 cm³/mol. The minimum Gasteiger partial charge on any atom is -0.370 e. The summed E-state index contributed by atoms with van der Waals surface area (Å²) in [6, 6.07) is 8.72. The molecule has 1 aliphatic heterocycles. The average Bonchev–Trinajstić information content (AvgIpc) is 2.78. The van der Waals surface area contributed by atoms with Gasteiger partial charge in [0.15, 0.2) is 0 Å². The smallest absolute Gasteiger partial charge is 0.223 e. The molecule has 0 saturated heterocycles. The molecule has 1 unspecified atom stereocenters. The zero-order chi connectivity index (χ0) is 15.0.